The number of hydrogen-bond acceptors (Lipinski definition) is 6. The molecule has 0 spiro atoms. The number of aliphatic carboxylic acids is 1. The molecule has 0 radical (unpaired) electrons. The molecule has 0 saturated heterocycles. The summed E-state index contributed by atoms with van der Waals surface area (Å²) in [5.74, 6) is -2.55. The zero-order chi connectivity index (χ0) is 23.0. The van der Waals surface area contributed by atoms with Crippen LogP contribution in [0.15, 0.2) is 59.7 Å². The van der Waals surface area contributed by atoms with E-state index in [1.165, 1.54) is 35.5 Å². The number of fused-ring (bicyclic) bond motifs is 1. The first-order chi connectivity index (χ1) is 15.1. The Morgan fingerprint density at radius 1 is 1.22 bits per heavy atom. The molecule has 0 saturated carbocycles. The van der Waals surface area contributed by atoms with Gasteiger partial charge in [-0.3, -0.25) is 4.79 Å². The number of nitrogens with zero attached hydrogens (tertiary/aromatic N) is 2. The van der Waals surface area contributed by atoms with Crippen molar-refractivity contribution in [3.05, 3.63) is 81.9 Å². The van der Waals surface area contributed by atoms with Gasteiger partial charge >= 0.3 is 12.3 Å². The van der Waals surface area contributed by atoms with Gasteiger partial charge in [0.25, 0.3) is 5.56 Å². The summed E-state index contributed by atoms with van der Waals surface area (Å²) in [5, 5.41) is 10.1. The van der Waals surface area contributed by atoms with Crippen molar-refractivity contribution in [3.63, 3.8) is 0 Å². The summed E-state index contributed by atoms with van der Waals surface area (Å²) < 4.78 is 42.4. The van der Waals surface area contributed by atoms with Crippen LogP contribution in [0.5, 0.6) is 5.75 Å². The van der Waals surface area contributed by atoms with Crippen LogP contribution < -0.4 is 20.9 Å². The highest BCUT2D eigenvalue weighted by molar-refractivity contribution is 5.85. The van der Waals surface area contributed by atoms with Gasteiger partial charge in [0.2, 0.25) is 0 Å². The highest BCUT2D eigenvalue weighted by atomic mass is 19.4. The summed E-state index contributed by atoms with van der Waals surface area (Å²) in [6.07, 6.45) is -2.07. The summed E-state index contributed by atoms with van der Waals surface area (Å²) in [5.41, 5.74) is 6.55. The number of halogens is 3. The molecule has 2 aromatic heterocycles. The van der Waals surface area contributed by atoms with Crippen molar-refractivity contribution in [2.24, 2.45) is 0 Å². The molecular weight excluding hydrogens is 429 g/mol. The number of rotatable bonds is 5. The van der Waals surface area contributed by atoms with Gasteiger partial charge in [0.05, 0.1) is 0 Å². The quantitative estimate of drug-likeness (QED) is 0.551. The first kappa shape index (κ1) is 21.2. The number of ether oxygens (including phenoxy) is 1. The number of alkyl halides is 3. The van der Waals surface area contributed by atoms with Crippen LogP contribution in [0, 0.1) is 0 Å². The Morgan fingerprint density at radius 3 is 2.66 bits per heavy atom. The number of H-pyrrole nitrogens is 1. The minimum absolute atomic E-state index is 0.0808. The first-order valence-corrected chi connectivity index (χ1v) is 9.41. The van der Waals surface area contributed by atoms with Crippen molar-refractivity contribution < 1.29 is 27.8 Å². The summed E-state index contributed by atoms with van der Waals surface area (Å²) in [6.45, 7) is 0.0808. The zero-order valence-electron chi connectivity index (χ0n) is 16.3. The van der Waals surface area contributed by atoms with E-state index in [0.717, 1.165) is 12.1 Å². The Hall–Kier alpha value is -4.02. The van der Waals surface area contributed by atoms with Gasteiger partial charge in [-0.2, -0.15) is 0 Å². The molecule has 32 heavy (non-hydrogen) atoms. The number of pyridine rings is 2. The van der Waals surface area contributed by atoms with Crippen LogP contribution in [0.4, 0.5) is 24.7 Å². The molecule has 4 rings (SSSR count). The second-order valence-electron chi connectivity index (χ2n) is 7.20. The molecule has 1 aromatic carbocycles. The number of carboxylic acid groups (broad SMARTS) is 1. The fraction of sp³-hybridized carbons (Fsp3) is 0.190. The van der Waals surface area contributed by atoms with E-state index in [0.29, 0.717) is 11.3 Å². The molecule has 3 heterocycles. The molecular formula is C21H17F3N4O4. The van der Waals surface area contributed by atoms with Crippen molar-refractivity contribution >= 4 is 17.5 Å². The average Bonchev–Trinajstić information content (AvgIpc) is 3.00. The van der Waals surface area contributed by atoms with Crippen LogP contribution in [0.1, 0.15) is 22.6 Å². The Morgan fingerprint density at radius 2 is 2.00 bits per heavy atom. The number of aromatic nitrogens is 2. The van der Waals surface area contributed by atoms with E-state index in [1.54, 1.807) is 12.1 Å². The third kappa shape index (κ3) is 4.09. The molecule has 3 aromatic rings. The zero-order valence-corrected chi connectivity index (χ0v) is 16.3. The van der Waals surface area contributed by atoms with E-state index in [2.05, 4.69) is 14.7 Å². The van der Waals surface area contributed by atoms with E-state index in [1.807, 2.05) is 0 Å². The van der Waals surface area contributed by atoms with Crippen LogP contribution in [0.3, 0.4) is 0 Å². The number of carbonyl (C=O) groups is 1. The molecule has 2 unspecified atom stereocenters. The van der Waals surface area contributed by atoms with Gasteiger partial charge in [-0.05, 0) is 47.5 Å². The van der Waals surface area contributed by atoms with Gasteiger partial charge in [-0.25, -0.2) is 9.78 Å². The van der Waals surface area contributed by atoms with Gasteiger partial charge in [0.1, 0.15) is 17.6 Å². The molecule has 166 valence electrons. The summed E-state index contributed by atoms with van der Waals surface area (Å²) in [4.78, 5) is 32.8. The van der Waals surface area contributed by atoms with Crippen LogP contribution in [-0.4, -0.2) is 33.4 Å². The summed E-state index contributed by atoms with van der Waals surface area (Å²) in [7, 11) is 0. The number of nitrogen functional groups attached to an aromatic ring is 1. The maximum Gasteiger partial charge on any atom is 0.573 e. The minimum atomic E-state index is -4.92. The summed E-state index contributed by atoms with van der Waals surface area (Å²) >= 11 is 0. The van der Waals surface area contributed by atoms with E-state index >= 15 is 0 Å². The van der Waals surface area contributed by atoms with E-state index in [9.17, 15) is 27.9 Å². The van der Waals surface area contributed by atoms with Crippen molar-refractivity contribution in [2.75, 3.05) is 10.6 Å². The number of aromatic amines is 1. The maximum absolute atomic E-state index is 12.8. The first-order valence-electron chi connectivity index (χ1n) is 9.41. The normalized spacial score (nSPS) is 17.8. The Bertz CT molecular complexity index is 1230. The minimum Gasteiger partial charge on any atom is -0.480 e. The van der Waals surface area contributed by atoms with Gasteiger partial charge in [0.15, 0.2) is 0 Å². The smallest absolute Gasteiger partial charge is 0.480 e. The number of hydrogen-bond donors (Lipinski definition) is 3. The SMILES string of the molecule is Nc1cc(CN2c3ccc(OC(F)(F)F)cc3C(c3ccc[nH]c3=O)C2C(=O)O)ccn1. The molecule has 0 bridgehead atoms. The predicted molar refractivity (Wildman–Crippen MR) is 108 cm³/mol. The Balaban J connectivity index is 1.88. The van der Waals surface area contributed by atoms with Crippen molar-refractivity contribution in [2.45, 2.75) is 24.9 Å². The Kier molecular flexibility index (Phi) is 5.25. The number of carboxylic acids is 1. The van der Waals surface area contributed by atoms with Gasteiger partial charge < -0.3 is 25.5 Å². The van der Waals surface area contributed by atoms with Crippen molar-refractivity contribution in [1.29, 1.82) is 0 Å². The molecule has 2 atom stereocenters. The number of nitrogens with one attached hydrogen (secondary N) is 1. The lowest BCUT2D eigenvalue weighted by Gasteiger charge is -2.27. The molecule has 0 fully saturated rings. The lowest BCUT2D eigenvalue weighted by Crippen LogP contribution is -2.41. The lowest BCUT2D eigenvalue weighted by molar-refractivity contribution is -0.274. The summed E-state index contributed by atoms with van der Waals surface area (Å²) in [6, 6.07) is 8.53. The lowest BCUT2D eigenvalue weighted by atomic mass is 9.88. The Labute approximate surface area is 179 Å². The van der Waals surface area contributed by atoms with Gasteiger partial charge in [-0.15, -0.1) is 13.2 Å². The van der Waals surface area contributed by atoms with Crippen LogP contribution in [-0.2, 0) is 11.3 Å². The van der Waals surface area contributed by atoms with Gasteiger partial charge in [-0.1, -0.05) is 6.07 Å². The second-order valence-corrected chi connectivity index (χ2v) is 7.20. The molecule has 0 aliphatic carbocycles. The van der Waals surface area contributed by atoms with Crippen molar-refractivity contribution in [3.8, 4) is 5.75 Å². The average molecular weight is 446 g/mol. The van der Waals surface area contributed by atoms with Crippen molar-refractivity contribution in [1.82, 2.24) is 9.97 Å². The monoisotopic (exact) mass is 446 g/mol. The molecule has 8 nitrogen and oxygen atoms in total. The number of anilines is 2. The predicted octanol–water partition coefficient (Wildman–Crippen LogP) is 2.86. The largest absolute Gasteiger partial charge is 0.573 e. The van der Waals surface area contributed by atoms with Crippen LogP contribution >= 0.6 is 0 Å². The van der Waals surface area contributed by atoms with E-state index in [-0.39, 0.29) is 23.5 Å². The highest BCUT2D eigenvalue weighted by Gasteiger charge is 2.45. The van der Waals surface area contributed by atoms with Crippen LogP contribution in [0.2, 0.25) is 0 Å². The standard InChI is InChI=1S/C21H17F3N4O4/c22-21(23,24)32-12-3-4-15-14(9-12)17(13-2-1-6-27-19(13)29)18(20(30)31)28(15)10-11-5-7-26-16(25)8-11/h1-9,17-18H,10H2,(H2,25,26)(H,27,29)(H,30,31). The molecule has 0 amide bonds. The molecule has 11 heteroatoms. The fourth-order valence-electron chi connectivity index (χ4n) is 4.01. The fourth-order valence-corrected chi connectivity index (χ4v) is 4.01. The molecule has 4 N–H and O–H groups in total. The third-order valence-electron chi connectivity index (χ3n) is 5.16. The van der Waals surface area contributed by atoms with E-state index in [4.69, 9.17) is 5.73 Å². The number of nitrogens with two attached hydrogens (primary N) is 1. The topological polar surface area (TPSA) is 122 Å². The highest BCUT2D eigenvalue weighted by Crippen LogP contribution is 2.46. The van der Waals surface area contributed by atoms with E-state index < -0.39 is 35.6 Å². The molecule has 1 aliphatic heterocycles. The maximum atomic E-state index is 12.8. The second kappa shape index (κ2) is 7.91. The van der Waals surface area contributed by atoms with Gasteiger partial charge in [0, 0.05) is 36.1 Å². The third-order valence-corrected chi connectivity index (χ3v) is 5.16. The molecule has 1 aliphatic rings. The van der Waals surface area contributed by atoms with Crippen LogP contribution in [0.25, 0.3) is 0 Å². The number of benzene rings is 1.